The first-order chi connectivity index (χ1) is 7.27. The van der Waals surface area contributed by atoms with E-state index in [1.54, 1.807) is 24.3 Å². The normalized spacial score (nSPS) is 12.7. The van der Waals surface area contributed by atoms with Gasteiger partial charge in [-0.15, -0.1) is 0 Å². The molecule has 0 spiro atoms. The largest absolute Gasteiger partial charge is 0.472 e. The quantitative estimate of drug-likeness (QED) is 0.837. The summed E-state index contributed by atoms with van der Waals surface area (Å²) in [4.78, 5) is 0. The summed E-state index contributed by atoms with van der Waals surface area (Å²) in [5, 5.41) is 9.76. The Labute approximate surface area is 87.0 Å². The van der Waals surface area contributed by atoms with E-state index in [4.69, 9.17) is 4.42 Å². The summed E-state index contributed by atoms with van der Waals surface area (Å²) in [6.07, 6.45) is 2.48. The van der Waals surface area contributed by atoms with Gasteiger partial charge in [0, 0.05) is 12.0 Å². The van der Waals surface area contributed by atoms with Crippen molar-refractivity contribution in [2.24, 2.45) is 0 Å². The molecule has 0 aliphatic carbocycles. The van der Waals surface area contributed by atoms with E-state index in [-0.39, 0.29) is 12.2 Å². The Morgan fingerprint density at radius 1 is 1.27 bits per heavy atom. The number of rotatable bonds is 3. The molecule has 2 rings (SSSR count). The van der Waals surface area contributed by atoms with Crippen LogP contribution in [0.25, 0.3) is 0 Å². The molecule has 2 aromatic rings. The maximum Gasteiger partial charge on any atom is 0.126 e. The fourth-order valence-corrected chi connectivity index (χ4v) is 1.45. The fourth-order valence-electron chi connectivity index (χ4n) is 1.45. The van der Waals surface area contributed by atoms with Crippen LogP contribution in [0.1, 0.15) is 17.2 Å². The third-order valence-electron chi connectivity index (χ3n) is 2.30. The molecule has 15 heavy (non-hydrogen) atoms. The highest BCUT2D eigenvalue weighted by atomic mass is 19.1. The van der Waals surface area contributed by atoms with Gasteiger partial charge >= 0.3 is 0 Å². The highest BCUT2D eigenvalue weighted by Gasteiger charge is 2.11. The van der Waals surface area contributed by atoms with E-state index in [9.17, 15) is 9.50 Å². The molecule has 1 N–H and O–H groups in total. The molecule has 1 aromatic carbocycles. The molecule has 0 radical (unpaired) electrons. The molecular weight excluding hydrogens is 195 g/mol. The van der Waals surface area contributed by atoms with Crippen LogP contribution >= 0.6 is 0 Å². The second-order valence-electron chi connectivity index (χ2n) is 3.37. The van der Waals surface area contributed by atoms with Gasteiger partial charge in [0.15, 0.2) is 0 Å². The Balaban J connectivity index is 2.13. The SMILES string of the molecule is OC(Cc1ccccc1F)c1ccoc1. The van der Waals surface area contributed by atoms with E-state index in [0.717, 1.165) is 0 Å². The number of aliphatic hydroxyl groups is 1. The summed E-state index contributed by atoms with van der Waals surface area (Å²) in [5.41, 5.74) is 1.17. The average Bonchev–Trinajstić information content (AvgIpc) is 2.74. The number of furan rings is 1. The van der Waals surface area contributed by atoms with Crippen LogP contribution in [0.2, 0.25) is 0 Å². The van der Waals surface area contributed by atoms with Gasteiger partial charge in [-0.05, 0) is 17.7 Å². The maximum absolute atomic E-state index is 13.3. The van der Waals surface area contributed by atoms with Crippen molar-refractivity contribution in [3.63, 3.8) is 0 Å². The molecule has 1 heterocycles. The second-order valence-corrected chi connectivity index (χ2v) is 3.37. The minimum absolute atomic E-state index is 0.256. The minimum atomic E-state index is -0.722. The molecule has 1 unspecified atom stereocenters. The van der Waals surface area contributed by atoms with Crippen LogP contribution in [0.15, 0.2) is 47.3 Å². The molecule has 0 saturated heterocycles. The summed E-state index contributed by atoms with van der Waals surface area (Å²) in [6, 6.07) is 8.10. The van der Waals surface area contributed by atoms with Crippen LogP contribution in [0.3, 0.4) is 0 Å². The molecule has 1 atom stereocenters. The van der Waals surface area contributed by atoms with E-state index in [1.165, 1.54) is 18.6 Å². The van der Waals surface area contributed by atoms with Gasteiger partial charge in [-0.25, -0.2) is 4.39 Å². The summed E-state index contributed by atoms with van der Waals surface area (Å²) in [7, 11) is 0. The van der Waals surface area contributed by atoms with E-state index < -0.39 is 6.10 Å². The molecule has 78 valence electrons. The van der Waals surface area contributed by atoms with Crippen LogP contribution < -0.4 is 0 Å². The van der Waals surface area contributed by atoms with Crippen molar-refractivity contribution in [3.8, 4) is 0 Å². The van der Waals surface area contributed by atoms with Crippen LogP contribution in [0, 0.1) is 5.82 Å². The molecular formula is C12H11FO2. The zero-order valence-corrected chi connectivity index (χ0v) is 8.06. The van der Waals surface area contributed by atoms with Crippen molar-refractivity contribution in [2.75, 3.05) is 0 Å². The standard InChI is InChI=1S/C12H11FO2/c13-11-4-2-1-3-9(11)7-12(14)10-5-6-15-8-10/h1-6,8,12,14H,7H2. The number of benzene rings is 1. The average molecular weight is 206 g/mol. The molecule has 0 aliphatic rings. The Bertz CT molecular complexity index is 423. The van der Waals surface area contributed by atoms with Crippen molar-refractivity contribution >= 4 is 0 Å². The predicted octanol–water partition coefficient (Wildman–Crippen LogP) is 2.69. The molecule has 2 nitrogen and oxygen atoms in total. The van der Waals surface area contributed by atoms with Gasteiger partial charge in [0.25, 0.3) is 0 Å². The minimum Gasteiger partial charge on any atom is -0.472 e. The lowest BCUT2D eigenvalue weighted by Gasteiger charge is -2.08. The number of aliphatic hydroxyl groups excluding tert-OH is 1. The van der Waals surface area contributed by atoms with Crippen molar-refractivity contribution in [2.45, 2.75) is 12.5 Å². The number of halogens is 1. The summed E-state index contributed by atoms with van der Waals surface area (Å²) in [5.74, 6) is -0.292. The third kappa shape index (κ3) is 2.25. The molecule has 0 aliphatic heterocycles. The highest BCUT2D eigenvalue weighted by molar-refractivity contribution is 5.21. The van der Waals surface area contributed by atoms with Crippen LogP contribution in [0.5, 0.6) is 0 Å². The van der Waals surface area contributed by atoms with Crippen LogP contribution in [0.4, 0.5) is 4.39 Å². The molecule has 3 heteroatoms. The lowest BCUT2D eigenvalue weighted by atomic mass is 10.0. The Kier molecular flexibility index (Phi) is 2.83. The van der Waals surface area contributed by atoms with Gasteiger partial charge in [0.1, 0.15) is 5.82 Å². The van der Waals surface area contributed by atoms with Crippen molar-refractivity contribution < 1.29 is 13.9 Å². The maximum atomic E-state index is 13.3. The first-order valence-corrected chi connectivity index (χ1v) is 4.71. The van der Waals surface area contributed by atoms with Gasteiger partial charge in [-0.1, -0.05) is 18.2 Å². The monoisotopic (exact) mass is 206 g/mol. The topological polar surface area (TPSA) is 33.4 Å². The second kappa shape index (κ2) is 4.28. The van der Waals surface area contributed by atoms with Crippen molar-refractivity contribution in [3.05, 3.63) is 59.8 Å². The third-order valence-corrected chi connectivity index (χ3v) is 2.30. The highest BCUT2D eigenvalue weighted by Crippen LogP contribution is 2.19. The van der Waals surface area contributed by atoms with Crippen LogP contribution in [-0.2, 0) is 6.42 Å². The Hall–Kier alpha value is -1.61. The van der Waals surface area contributed by atoms with E-state index in [0.29, 0.717) is 11.1 Å². The molecule has 0 amide bonds. The zero-order valence-electron chi connectivity index (χ0n) is 8.06. The van der Waals surface area contributed by atoms with Gasteiger partial charge < -0.3 is 9.52 Å². The summed E-state index contributed by atoms with van der Waals surface area (Å²) < 4.78 is 18.1. The molecule has 0 bridgehead atoms. The van der Waals surface area contributed by atoms with Gasteiger partial charge in [0.05, 0.1) is 18.6 Å². The summed E-state index contributed by atoms with van der Waals surface area (Å²) in [6.45, 7) is 0. The summed E-state index contributed by atoms with van der Waals surface area (Å²) >= 11 is 0. The molecule has 0 fully saturated rings. The smallest absolute Gasteiger partial charge is 0.126 e. The number of hydrogen-bond donors (Lipinski definition) is 1. The van der Waals surface area contributed by atoms with E-state index >= 15 is 0 Å². The van der Waals surface area contributed by atoms with Gasteiger partial charge in [0.2, 0.25) is 0 Å². The van der Waals surface area contributed by atoms with Crippen molar-refractivity contribution in [1.82, 2.24) is 0 Å². The zero-order chi connectivity index (χ0) is 10.7. The molecule has 1 aromatic heterocycles. The Morgan fingerprint density at radius 3 is 2.73 bits per heavy atom. The van der Waals surface area contributed by atoms with Crippen LogP contribution in [-0.4, -0.2) is 5.11 Å². The predicted molar refractivity (Wildman–Crippen MR) is 53.8 cm³/mol. The Morgan fingerprint density at radius 2 is 2.07 bits per heavy atom. The van der Waals surface area contributed by atoms with Gasteiger partial charge in [-0.2, -0.15) is 0 Å². The van der Waals surface area contributed by atoms with Crippen molar-refractivity contribution in [1.29, 1.82) is 0 Å². The molecule has 0 saturated carbocycles. The first kappa shape index (κ1) is 9.93. The van der Waals surface area contributed by atoms with E-state index in [2.05, 4.69) is 0 Å². The first-order valence-electron chi connectivity index (χ1n) is 4.71. The number of hydrogen-bond acceptors (Lipinski definition) is 2. The lowest BCUT2D eigenvalue weighted by Crippen LogP contribution is -2.02. The lowest BCUT2D eigenvalue weighted by molar-refractivity contribution is 0.176. The van der Waals surface area contributed by atoms with E-state index in [1.807, 2.05) is 0 Å². The van der Waals surface area contributed by atoms with Gasteiger partial charge in [-0.3, -0.25) is 0 Å². The fraction of sp³-hybridized carbons (Fsp3) is 0.167.